The fraction of sp³-hybridized carbons (Fsp3) is 0.250. The topological polar surface area (TPSA) is 18.5 Å². The lowest BCUT2D eigenvalue weighted by molar-refractivity contribution is 0.185. The van der Waals surface area contributed by atoms with Gasteiger partial charge in [-0.1, -0.05) is 12.1 Å². The lowest BCUT2D eigenvalue weighted by atomic mass is 10.2. The first-order valence-corrected chi connectivity index (χ1v) is 4.11. The van der Waals surface area contributed by atoms with Crippen molar-refractivity contribution in [1.29, 1.82) is 0 Å². The van der Waals surface area contributed by atoms with Gasteiger partial charge < -0.3 is 7.80 Å². The summed E-state index contributed by atoms with van der Waals surface area (Å²) in [6, 6.07) is 7.80. The highest BCUT2D eigenvalue weighted by Crippen LogP contribution is 2.14. The SMILES string of the molecule is COCc1ccc(OI)cc1. The molecule has 0 bridgehead atoms. The minimum absolute atomic E-state index is 0.654. The van der Waals surface area contributed by atoms with E-state index in [-0.39, 0.29) is 0 Å². The zero-order valence-electron chi connectivity index (χ0n) is 6.21. The molecular formula is C8H9IO2. The Morgan fingerprint density at radius 2 is 1.91 bits per heavy atom. The van der Waals surface area contributed by atoms with Crippen molar-refractivity contribution in [3.63, 3.8) is 0 Å². The molecule has 0 N–H and O–H groups in total. The molecule has 0 unspecified atom stereocenters. The average molecular weight is 264 g/mol. The third-order valence-electron chi connectivity index (χ3n) is 1.32. The Balaban J connectivity index is 2.66. The maximum Gasteiger partial charge on any atom is 0.192 e. The van der Waals surface area contributed by atoms with E-state index in [0.29, 0.717) is 6.61 Å². The van der Waals surface area contributed by atoms with E-state index in [0.717, 1.165) is 11.3 Å². The molecule has 0 saturated heterocycles. The zero-order chi connectivity index (χ0) is 8.10. The highest BCUT2D eigenvalue weighted by molar-refractivity contribution is 14.1. The van der Waals surface area contributed by atoms with E-state index in [4.69, 9.17) is 7.80 Å². The summed E-state index contributed by atoms with van der Waals surface area (Å²) in [5.74, 6) is 0.866. The molecule has 0 radical (unpaired) electrons. The van der Waals surface area contributed by atoms with Crippen molar-refractivity contribution in [3.8, 4) is 5.75 Å². The summed E-state index contributed by atoms with van der Waals surface area (Å²) >= 11 is 1.86. The van der Waals surface area contributed by atoms with E-state index in [1.54, 1.807) is 7.11 Å². The van der Waals surface area contributed by atoms with E-state index >= 15 is 0 Å². The minimum Gasteiger partial charge on any atom is -0.428 e. The first-order valence-electron chi connectivity index (χ1n) is 3.23. The van der Waals surface area contributed by atoms with Crippen molar-refractivity contribution >= 4 is 23.0 Å². The Morgan fingerprint density at radius 3 is 2.36 bits per heavy atom. The molecule has 2 nitrogen and oxygen atoms in total. The Bertz CT molecular complexity index is 208. The van der Waals surface area contributed by atoms with Gasteiger partial charge >= 0.3 is 0 Å². The van der Waals surface area contributed by atoms with E-state index in [9.17, 15) is 0 Å². The number of halogens is 1. The molecule has 3 heteroatoms. The van der Waals surface area contributed by atoms with Crippen LogP contribution in [0.2, 0.25) is 0 Å². The van der Waals surface area contributed by atoms with Gasteiger partial charge in [0.25, 0.3) is 0 Å². The van der Waals surface area contributed by atoms with Gasteiger partial charge in [-0.25, -0.2) is 0 Å². The molecule has 0 aromatic heterocycles. The summed E-state index contributed by atoms with van der Waals surface area (Å²) in [7, 11) is 1.68. The van der Waals surface area contributed by atoms with Crippen LogP contribution in [0.4, 0.5) is 0 Å². The molecule has 1 aromatic rings. The van der Waals surface area contributed by atoms with Gasteiger partial charge in [-0.05, 0) is 17.7 Å². The molecule has 0 aliphatic heterocycles. The summed E-state index contributed by atoms with van der Waals surface area (Å²) in [6.45, 7) is 0.654. The van der Waals surface area contributed by atoms with Crippen LogP contribution < -0.4 is 3.07 Å². The Kier molecular flexibility index (Phi) is 3.65. The molecule has 0 aliphatic rings. The summed E-state index contributed by atoms with van der Waals surface area (Å²) in [4.78, 5) is 0. The van der Waals surface area contributed by atoms with Gasteiger partial charge in [0.15, 0.2) is 23.0 Å². The monoisotopic (exact) mass is 264 g/mol. The number of ether oxygens (including phenoxy) is 1. The molecule has 11 heavy (non-hydrogen) atoms. The Morgan fingerprint density at radius 1 is 1.27 bits per heavy atom. The van der Waals surface area contributed by atoms with E-state index in [1.165, 1.54) is 0 Å². The second-order valence-corrected chi connectivity index (χ2v) is 2.59. The third-order valence-corrected chi connectivity index (χ3v) is 1.83. The standard InChI is InChI=1S/C8H9IO2/c1-10-6-7-2-4-8(11-9)5-3-7/h2-5H,6H2,1H3. The van der Waals surface area contributed by atoms with Gasteiger partial charge in [0.2, 0.25) is 0 Å². The molecule has 1 aromatic carbocycles. The van der Waals surface area contributed by atoms with Crippen LogP contribution in [0.25, 0.3) is 0 Å². The highest BCUT2D eigenvalue weighted by Gasteiger charge is 1.92. The molecule has 0 atom stereocenters. The predicted molar refractivity (Wildman–Crippen MR) is 51.8 cm³/mol. The van der Waals surface area contributed by atoms with E-state index < -0.39 is 0 Å². The maximum absolute atomic E-state index is 4.98. The highest BCUT2D eigenvalue weighted by atomic mass is 127. The molecule has 0 aliphatic carbocycles. The largest absolute Gasteiger partial charge is 0.428 e. The summed E-state index contributed by atoms with van der Waals surface area (Å²) < 4.78 is 9.94. The van der Waals surface area contributed by atoms with Crippen molar-refractivity contribution in [1.82, 2.24) is 0 Å². The first kappa shape index (κ1) is 8.80. The number of benzene rings is 1. The molecule has 0 saturated carbocycles. The van der Waals surface area contributed by atoms with Crippen molar-refractivity contribution in [2.45, 2.75) is 6.61 Å². The first-order chi connectivity index (χ1) is 5.36. The predicted octanol–water partition coefficient (Wildman–Crippen LogP) is 2.56. The van der Waals surface area contributed by atoms with Crippen molar-refractivity contribution in [2.24, 2.45) is 0 Å². The zero-order valence-corrected chi connectivity index (χ0v) is 8.37. The summed E-state index contributed by atoms with van der Waals surface area (Å²) in [5, 5.41) is 0. The summed E-state index contributed by atoms with van der Waals surface area (Å²) in [5.41, 5.74) is 1.16. The van der Waals surface area contributed by atoms with Gasteiger partial charge in [-0.15, -0.1) is 0 Å². The van der Waals surface area contributed by atoms with E-state index in [2.05, 4.69) is 0 Å². The van der Waals surface area contributed by atoms with Crippen LogP contribution in [-0.4, -0.2) is 7.11 Å². The fourth-order valence-electron chi connectivity index (χ4n) is 0.804. The molecular weight excluding hydrogens is 255 g/mol. The van der Waals surface area contributed by atoms with Crippen LogP contribution in [-0.2, 0) is 11.3 Å². The van der Waals surface area contributed by atoms with Gasteiger partial charge in [0.1, 0.15) is 5.75 Å². The van der Waals surface area contributed by atoms with Crippen LogP contribution in [0, 0.1) is 0 Å². The van der Waals surface area contributed by atoms with Gasteiger partial charge in [-0.3, -0.25) is 0 Å². The summed E-state index contributed by atoms with van der Waals surface area (Å²) in [6.07, 6.45) is 0. The van der Waals surface area contributed by atoms with Gasteiger partial charge in [-0.2, -0.15) is 0 Å². The molecule has 0 fully saturated rings. The average Bonchev–Trinajstić information content (AvgIpc) is 2.07. The molecule has 0 heterocycles. The van der Waals surface area contributed by atoms with Crippen LogP contribution in [0.3, 0.4) is 0 Å². The number of hydrogen-bond acceptors (Lipinski definition) is 2. The van der Waals surface area contributed by atoms with Crippen LogP contribution in [0.1, 0.15) is 5.56 Å². The van der Waals surface area contributed by atoms with Gasteiger partial charge in [0.05, 0.1) is 6.61 Å². The molecule has 60 valence electrons. The van der Waals surface area contributed by atoms with Gasteiger partial charge in [0, 0.05) is 7.11 Å². The second-order valence-electron chi connectivity index (χ2n) is 2.15. The number of rotatable bonds is 3. The smallest absolute Gasteiger partial charge is 0.192 e. The van der Waals surface area contributed by atoms with E-state index in [1.807, 2.05) is 47.3 Å². The third kappa shape index (κ3) is 2.67. The van der Waals surface area contributed by atoms with Crippen LogP contribution >= 0.6 is 23.0 Å². The molecule has 0 spiro atoms. The minimum atomic E-state index is 0.654. The Hall–Kier alpha value is -0.290. The normalized spacial score (nSPS) is 9.64. The van der Waals surface area contributed by atoms with Crippen LogP contribution in [0.5, 0.6) is 5.75 Å². The fourth-order valence-corrected chi connectivity index (χ4v) is 1.10. The number of methoxy groups -OCH3 is 1. The van der Waals surface area contributed by atoms with Crippen molar-refractivity contribution in [2.75, 3.05) is 7.11 Å². The van der Waals surface area contributed by atoms with Crippen molar-refractivity contribution in [3.05, 3.63) is 29.8 Å². The molecule has 0 amide bonds. The Labute approximate surface area is 80.2 Å². The molecule has 1 rings (SSSR count). The van der Waals surface area contributed by atoms with Crippen LogP contribution in [0.15, 0.2) is 24.3 Å². The number of hydrogen-bond donors (Lipinski definition) is 0. The second kappa shape index (κ2) is 4.56. The maximum atomic E-state index is 4.98. The lowest BCUT2D eigenvalue weighted by Gasteiger charge is -1.99. The lowest BCUT2D eigenvalue weighted by Crippen LogP contribution is -1.85. The quantitative estimate of drug-likeness (QED) is 0.781. The van der Waals surface area contributed by atoms with Crippen molar-refractivity contribution < 1.29 is 7.80 Å².